The van der Waals surface area contributed by atoms with Gasteiger partial charge in [0.25, 0.3) is 5.91 Å². The number of aromatic nitrogens is 1. The number of rotatable bonds is 6. The number of nitrogens with zero attached hydrogens (tertiary/aromatic N) is 3. The summed E-state index contributed by atoms with van der Waals surface area (Å²) in [6, 6.07) is 12.8. The Morgan fingerprint density at radius 1 is 1.17 bits per heavy atom. The van der Waals surface area contributed by atoms with E-state index >= 15 is 0 Å². The van der Waals surface area contributed by atoms with Crippen molar-refractivity contribution in [2.24, 2.45) is 0 Å². The van der Waals surface area contributed by atoms with Gasteiger partial charge in [-0.05, 0) is 44.0 Å². The summed E-state index contributed by atoms with van der Waals surface area (Å²) in [5.41, 5.74) is 1.36. The number of benzene rings is 1. The van der Waals surface area contributed by atoms with Gasteiger partial charge in [0.1, 0.15) is 5.66 Å². The van der Waals surface area contributed by atoms with Crippen molar-refractivity contribution in [1.29, 1.82) is 0 Å². The zero-order chi connectivity index (χ0) is 20.4. The van der Waals surface area contributed by atoms with Crippen LogP contribution in [0.2, 0.25) is 0 Å². The van der Waals surface area contributed by atoms with Crippen LogP contribution in [-0.4, -0.2) is 39.8 Å². The van der Waals surface area contributed by atoms with Crippen molar-refractivity contribution in [2.45, 2.75) is 44.8 Å². The van der Waals surface area contributed by atoms with Gasteiger partial charge in [-0.1, -0.05) is 18.2 Å². The average Bonchev–Trinajstić information content (AvgIpc) is 3.05. The Bertz CT molecular complexity index is 946. The Labute approximate surface area is 169 Å². The highest BCUT2D eigenvalue weighted by Gasteiger charge is 2.52. The molecule has 0 bridgehead atoms. The molecule has 3 heterocycles. The first-order valence-electron chi connectivity index (χ1n) is 9.91. The number of nitrogens with one attached hydrogen (secondary N) is 1. The Morgan fingerprint density at radius 3 is 2.76 bits per heavy atom. The van der Waals surface area contributed by atoms with Crippen LogP contribution in [0.4, 0.5) is 5.69 Å². The molecule has 1 fully saturated rings. The fourth-order valence-electron chi connectivity index (χ4n) is 4.22. The second-order valence-corrected chi connectivity index (χ2v) is 7.62. The summed E-state index contributed by atoms with van der Waals surface area (Å²) in [7, 11) is 0. The number of fused-ring (bicyclic) bond motifs is 3. The zero-order valence-electron chi connectivity index (χ0n) is 16.4. The van der Waals surface area contributed by atoms with Crippen LogP contribution in [0.3, 0.4) is 0 Å². The highest BCUT2D eigenvalue weighted by Crippen LogP contribution is 2.43. The summed E-state index contributed by atoms with van der Waals surface area (Å²) in [6.45, 7) is 2.74. The lowest BCUT2D eigenvalue weighted by Gasteiger charge is -2.48. The quantitative estimate of drug-likeness (QED) is 0.819. The fourth-order valence-corrected chi connectivity index (χ4v) is 4.22. The second kappa shape index (κ2) is 7.66. The van der Waals surface area contributed by atoms with Gasteiger partial charge in [0.2, 0.25) is 11.8 Å². The van der Waals surface area contributed by atoms with Crippen LogP contribution in [0.25, 0.3) is 0 Å². The summed E-state index contributed by atoms with van der Waals surface area (Å²) >= 11 is 0. The van der Waals surface area contributed by atoms with Gasteiger partial charge in [-0.3, -0.25) is 24.3 Å². The van der Waals surface area contributed by atoms with Gasteiger partial charge in [0.15, 0.2) is 0 Å². The van der Waals surface area contributed by atoms with Crippen LogP contribution in [-0.2, 0) is 16.1 Å². The smallest absolute Gasteiger partial charge is 0.257 e. The van der Waals surface area contributed by atoms with Crippen LogP contribution in [0, 0.1) is 0 Å². The maximum absolute atomic E-state index is 13.1. The van der Waals surface area contributed by atoms with Gasteiger partial charge < -0.3 is 10.2 Å². The monoisotopic (exact) mass is 392 g/mol. The molecule has 0 spiro atoms. The Morgan fingerprint density at radius 2 is 1.97 bits per heavy atom. The molecule has 3 amide bonds. The van der Waals surface area contributed by atoms with Gasteiger partial charge in [-0.25, -0.2) is 0 Å². The predicted molar refractivity (Wildman–Crippen MR) is 108 cm³/mol. The van der Waals surface area contributed by atoms with Gasteiger partial charge in [0.05, 0.1) is 23.5 Å². The second-order valence-electron chi connectivity index (χ2n) is 7.62. The van der Waals surface area contributed by atoms with E-state index in [-0.39, 0.29) is 17.7 Å². The van der Waals surface area contributed by atoms with E-state index in [9.17, 15) is 14.4 Å². The third-order valence-corrected chi connectivity index (χ3v) is 5.72. The SMILES string of the molecule is CC12CCC(=O)N1c1ccccc1C(=O)N2CCCC(=O)NCc1ccccn1. The lowest BCUT2D eigenvalue weighted by molar-refractivity contribution is -0.121. The molecule has 150 valence electrons. The molecule has 29 heavy (non-hydrogen) atoms. The maximum Gasteiger partial charge on any atom is 0.257 e. The molecule has 2 aromatic rings. The molecule has 1 unspecified atom stereocenters. The first-order valence-corrected chi connectivity index (χ1v) is 9.91. The van der Waals surface area contributed by atoms with Gasteiger partial charge in [-0.15, -0.1) is 0 Å². The highest BCUT2D eigenvalue weighted by atomic mass is 16.2. The van der Waals surface area contributed by atoms with Crippen molar-refractivity contribution in [2.75, 3.05) is 11.4 Å². The lowest BCUT2D eigenvalue weighted by Crippen LogP contribution is -2.62. The molecule has 1 atom stereocenters. The number of carbonyl (C=O) groups is 3. The number of carbonyl (C=O) groups excluding carboxylic acids is 3. The third-order valence-electron chi connectivity index (χ3n) is 5.72. The number of hydrogen-bond donors (Lipinski definition) is 1. The number of pyridine rings is 1. The molecule has 0 aliphatic carbocycles. The summed E-state index contributed by atoms with van der Waals surface area (Å²) in [5.74, 6) is -0.126. The van der Waals surface area contributed by atoms with Crippen molar-refractivity contribution >= 4 is 23.4 Å². The largest absolute Gasteiger partial charge is 0.350 e. The maximum atomic E-state index is 13.1. The lowest BCUT2D eigenvalue weighted by atomic mass is 9.98. The molecule has 1 saturated heterocycles. The fraction of sp³-hybridized carbons (Fsp3) is 0.364. The number of anilines is 1. The number of para-hydroxylation sites is 1. The topological polar surface area (TPSA) is 82.6 Å². The molecule has 1 aromatic heterocycles. The van der Waals surface area contributed by atoms with Crippen LogP contribution in [0.15, 0.2) is 48.7 Å². The van der Waals surface area contributed by atoms with Crippen molar-refractivity contribution in [3.05, 3.63) is 59.9 Å². The average molecular weight is 392 g/mol. The van der Waals surface area contributed by atoms with Crippen LogP contribution in [0.5, 0.6) is 0 Å². The first-order chi connectivity index (χ1) is 14.0. The summed E-state index contributed by atoms with van der Waals surface area (Å²) in [6.07, 6.45) is 3.54. The first kappa shape index (κ1) is 19.1. The van der Waals surface area contributed by atoms with Crippen molar-refractivity contribution < 1.29 is 14.4 Å². The van der Waals surface area contributed by atoms with E-state index in [1.165, 1.54) is 0 Å². The van der Waals surface area contributed by atoms with E-state index in [1.54, 1.807) is 22.1 Å². The molecule has 2 aliphatic rings. The highest BCUT2D eigenvalue weighted by molar-refractivity contribution is 6.10. The minimum absolute atomic E-state index is 0.0329. The van der Waals surface area contributed by atoms with Gasteiger partial charge in [-0.2, -0.15) is 0 Å². The minimum Gasteiger partial charge on any atom is -0.350 e. The molecule has 0 radical (unpaired) electrons. The van der Waals surface area contributed by atoms with Crippen molar-refractivity contribution in [3.8, 4) is 0 Å². The molecular weight excluding hydrogens is 368 g/mol. The van der Waals surface area contributed by atoms with Gasteiger partial charge in [0, 0.05) is 25.6 Å². The Hall–Kier alpha value is -3.22. The molecule has 1 aromatic carbocycles. The molecule has 7 nitrogen and oxygen atoms in total. The molecule has 1 N–H and O–H groups in total. The van der Waals surface area contributed by atoms with E-state index in [0.29, 0.717) is 50.0 Å². The third kappa shape index (κ3) is 3.48. The van der Waals surface area contributed by atoms with Crippen LogP contribution in [0.1, 0.15) is 48.7 Å². The van der Waals surface area contributed by atoms with Crippen LogP contribution < -0.4 is 10.2 Å². The molecular formula is C22H24N4O3. The number of amides is 3. The molecule has 7 heteroatoms. The van der Waals surface area contributed by atoms with Crippen molar-refractivity contribution in [3.63, 3.8) is 0 Å². The summed E-state index contributed by atoms with van der Waals surface area (Å²) in [5, 5.41) is 2.86. The zero-order valence-corrected chi connectivity index (χ0v) is 16.4. The number of hydrogen-bond acceptors (Lipinski definition) is 4. The Balaban J connectivity index is 1.41. The van der Waals surface area contributed by atoms with E-state index in [2.05, 4.69) is 10.3 Å². The molecule has 0 saturated carbocycles. The minimum atomic E-state index is -0.674. The predicted octanol–water partition coefficient (Wildman–Crippen LogP) is 2.48. The van der Waals surface area contributed by atoms with E-state index in [4.69, 9.17) is 0 Å². The summed E-state index contributed by atoms with van der Waals surface area (Å²) < 4.78 is 0. The van der Waals surface area contributed by atoms with E-state index in [0.717, 1.165) is 5.69 Å². The Kier molecular flexibility index (Phi) is 5.05. The standard InChI is InChI=1S/C22H24N4O3/c1-22-12-11-20(28)26(22)18-9-3-2-8-17(18)21(29)25(22)14-6-10-19(27)24-15-16-7-4-5-13-23-16/h2-5,7-9,13H,6,10-12,14-15H2,1H3,(H,24,27). The molecule has 2 aliphatic heterocycles. The van der Waals surface area contributed by atoms with Crippen molar-refractivity contribution in [1.82, 2.24) is 15.2 Å². The van der Waals surface area contributed by atoms with Crippen LogP contribution >= 0.6 is 0 Å². The van der Waals surface area contributed by atoms with E-state index < -0.39 is 5.66 Å². The van der Waals surface area contributed by atoms with E-state index in [1.807, 2.05) is 43.3 Å². The summed E-state index contributed by atoms with van der Waals surface area (Å²) in [4.78, 5) is 45.6. The normalized spacial score (nSPS) is 20.4. The van der Waals surface area contributed by atoms with Gasteiger partial charge >= 0.3 is 0 Å². The molecule has 4 rings (SSSR count).